The van der Waals surface area contributed by atoms with E-state index in [0.717, 1.165) is 5.56 Å². The van der Waals surface area contributed by atoms with E-state index in [1.165, 1.54) is 0 Å². The summed E-state index contributed by atoms with van der Waals surface area (Å²) in [5, 5.41) is 21.8. The maximum Gasteiger partial charge on any atom is 0.326 e. The van der Waals surface area contributed by atoms with Crippen molar-refractivity contribution in [2.24, 2.45) is 5.41 Å². The molecule has 1 amide bonds. The number of benzene rings is 1. The van der Waals surface area contributed by atoms with Crippen LogP contribution in [0.2, 0.25) is 0 Å². The van der Waals surface area contributed by atoms with Crippen LogP contribution in [-0.2, 0) is 20.7 Å². The number of amides is 1. The van der Waals surface area contributed by atoms with Crippen LogP contribution in [0.4, 0.5) is 0 Å². The summed E-state index contributed by atoms with van der Waals surface area (Å²) < 4.78 is 5.30. The molecule has 0 aromatic heterocycles. The van der Waals surface area contributed by atoms with Gasteiger partial charge in [0.1, 0.15) is 6.04 Å². The number of rotatable bonds is 7. The van der Waals surface area contributed by atoms with Crippen LogP contribution in [0.15, 0.2) is 30.3 Å². The summed E-state index contributed by atoms with van der Waals surface area (Å²) in [5.74, 6) is -1.46. The van der Waals surface area contributed by atoms with Gasteiger partial charge in [-0.2, -0.15) is 0 Å². The average molecular weight is 335 g/mol. The zero-order valence-corrected chi connectivity index (χ0v) is 13.9. The number of methoxy groups -OCH3 is 1. The predicted molar refractivity (Wildman–Crippen MR) is 88.5 cm³/mol. The van der Waals surface area contributed by atoms with Crippen molar-refractivity contribution in [1.82, 2.24) is 5.32 Å². The molecular formula is C18H25NO5. The van der Waals surface area contributed by atoms with Gasteiger partial charge in [0.25, 0.3) is 0 Å². The van der Waals surface area contributed by atoms with Crippen molar-refractivity contribution in [2.75, 3.05) is 13.7 Å². The van der Waals surface area contributed by atoms with Crippen LogP contribution in [0.25, 0.3) is 0 Å². The second-order valence-electron chi connectivity index (χ2n) is 6.43. The molecule has 0 bridgehead atoms. The van der Waals surface area contributed by atoms with E-state index in [4.69, 9.17) is 4.74 Å². The lowest BCUT2D eigenvalue weighted by Crippen LogP contribution is -2.52. The summed E-state index contributed by atoms with van der Waals surface area (Å²) in [7, 11) is 1.64. The molecule has 1 atom stereocenters. The minimum absolute atomic E-state index is 0.0945. The average Bonchev–Trinajstić information content (AvgIpc) is 2.61. The highest BCUT2D eigenvalue weighted by atomic mass is 16.5. The molecule has 1 aliphatic rings. The van der Waals surface area contributed by atoms with Gasteiger partial charge in [0.05, 0.1) is 18.1 Å². The third kappa shape index (κ3) is 4.33. The number of carboxylic acid groups (broad SMARTS) is 1. The number of hydrogen-bond acceptors (Lipinski definition) is 4. The third-order valence-corrected chi connectivity index (χ3v) is 4.89. The van der Waals surface area contributed by atoms with Crippen LogP contribution in [0.3, 0.4) is 0 Å². The van der Waals surface area contributed by atoms with Crippen molar-refractivity contribution in [2.45, 2.75) is 44.2 Å². The molecule has 0 aliphatic heterocycles. The second kappa shape index (κ2) is 8.26. The number of aliphatic hydroxyl groups excluding tert-OH is 1. The SMILES string of the molecule is COC1CCC(CO)(C(=O)NC(Cc2ccccc2)C(=O)O)CC1. The molecule has 132 valence electrons. The van der Waals surface area contributed by atoms with Crippen molar-refractivity contribution in [3.63, 3.8) is 0 Å². The molecule has 0 saturated heterocycles. The lowest BCUT2D eigenvalue weighted by atomic mass is 9.72. The molecule has 2 rings (SSSR count). The molecule has 0 spiro atoms. The van der Waals surface area contributed by atoms with Crippen LogP contribution < -0.4 is 5.32 Å². The highest BCUT2D eigenvalue weighted by molar-refractivity contribution is 5.87. The summed E-state index contributed by atoms with van der Waals surface area (Å²) >= 11 is 0. The smallest absolute Gasteiger partial charge is 0.326 e. The first-order valence-electron chi connectivity index (χ1n) is 8.22. The molecule has 1 aliphatic carbocycles. The fourth-order valence-corrected chi connectivity index (χ4v) is 3.20. The van der Waals surface area contributed by atoms with Gasteiger partial charge in [-0.1, -0.05) is 30.3 Å². The fraction of sp³-hybridized carbons (Fsp3) is 0.556. The van der Waals surface area contributed by atoms with Gasteiger partial charge < -0.3 is 20.3 Å². The molecule has 1 fully saturated rings. The number of aliphatic carboxylic acids is 1. The number of carboxylic acids is 1. The predicted octanol–water partition coefficient (Wildman–Crippen LogP) is 1.37. The Morgan fingerprint density at radius 2 is 1.92 bits per heavy atom. The highest BCUT2D eigenvalue weighted by Gasteiger charge is 2.42. The Morgan fingerprint density at radius 3 is 2.42 bits per heavy atom. The van der Waals surface area contributed by atoms with Crippen LogP contribution in [-0.4, -0.2) is 48.0 Å². The van der Waals surface area contributed by atoms with Crippen molar-refractivity contribution in [1.29, 1.82) is 0 Å². The van der Waals surface area contributed by atoms with E-state index in [0.29, 0.717) is 25.7 Å². The van der Waals surface area contributed by atoms with E-state index in [1.54, 1.807) is 7.11 Å². The molecule has 1 unspecified atom stereocenters. The largest absolute Gasteiger partial charge is 0.480 e. The van der Waals surface area contributed by atoms with E-state index in [2.05, 4.69) is 5.32 Å². The van der Waals surface area contributed by atoms with Gasteiger partial charge >= 0.3 is 5.97 Å². The number of hydrogen-bond donors (Lipinski definition) is 3. The quantitative estimate of drug-likeness (QED) is 0.699. The van der Waals surface area contributed by atoms with Crippen LogP contribution >= 0.6 is 0 Å². The Bertz CT molecular complexity index is 552. The molecular weight excluding hydrogens is 310 g/mol. The highest BCUT2D eigenvalue weighted by Crippen LogP contribution is 2.37. The molecule has 1 saturated carbocycles. The summed E-state index contributed by atoms with van der Waals surface area (Å²) in [6.07, 6.45) is 2.65. The maximum absolute atomic E-state index is 12.7. The monoisotopic (exact) mass is 335 g/mol. The van der Waals surface area contributed by atoms with E-state index >= 15 is 0 Å². The summed E-state index contributed by atoms with van der Waals surface area (Å²) in [6.45, 7) is -0.285. The number of nitrogens with one attached hydrogen (secondary N) is 1. The van der Waals surface area contributed by atoms with E-state index < -0.39 is 17.4 Å². The molecule has 6 heteroatoms. The molecule has 1 aromatic carbocycles. The Labute approximate surface area is 141 Å². The first kappa shape index (κ1) is 18.4. The van der Waals surface area contributed by atoms with E-state index in [1.807, 2.05) is 30.3 Å². The van der Waals surface area contributed by atoms with Crippen LogP contribution in [0, 0.1) is 5.41 Å². The standard InChI is InChI=1S/C18H25NO5/c1-24-14-7-9-18(12-20,10-8-14)17(23)19-15(16(21)22)11-13-5-3-2-4-6-13/h2-6,14-15,20H,7-12H2,1H3,(H,19,23)(H,21,22). The van der Waals surface area contributed by atoms with Gasteiger partial charge in [0, 0.05) is 13.5 Å². The Morgan fingerprint density at radius 1 is 1.29 bits per heavy atom. The summed E-state index contributed by atoms with van der Waals surface area (Å²) in [6, 6.07) is 8.16. The zero-order chi connectivity index (χ0) is 17.6. The van der Waals surface area contributed by atoms with E-state index in [9.17, 15) is 19.8 Å². The molecule has 0 heterocycles. The van der Waals surface area contributed by atoms with Crippen molar-refractivity contribution < 1.29 is 24.5 Å². The lowest BCUT2D eigenvalue weighted by Gasteiger charge is -2.37. The van der Waals surface area contributed by atoms with Crippen LogP contribution in [0.1, 0.15) is 31.2 Å². The second-order valence-corrected chi connectivity index (χ2v) is 6.43. The minimum Gasteiger partial charge on any atom is -0.480 e. The first-order chi connectivity index (χ1) is 11.5. The van der Waals surface area contributed by atoms with Crippen LogP contribution in [0.5, 0.6) is 0 Å². The van der Waals surface area contributed by atoms with E-state index in [-0.39, 0.29) is 25.0 Å². The molecule has 1 aromatic rings. The third-order valence-electron chi connectivity index (χ3n) is 4.89. The Balaban J connectivity index is 2.05. The maximum atomic E-state index is 12.7. The summed E-state index contributed by atoms with van der Waals surface area (Å²) in [5.41, 5.74) is -0.0780. The van der Waals surface area contributed by atoms with Crippen molar-refractivity contribution in [3.8, 4) is 0 Å². The zero-order valence-electron chi connectivity index (χ0n) is 13.9. The summed E-state index contributed by atoms with van der Waals surface area (Å²) in [4.78, 5) is 24.2. The van der Waals surface area contributed by atoms with Crippen molar-refractivity contribution in [3.05, 3.63) is 35.9 Å². The number of carbonyl (C=O) groups is 2. The normalized spacial score (nSPS) is 25.0. The molecule has 3 N–H and O–H groups in total. The van der Waals surface area contributed by atoms with Gasteiger partial charge in [0.15, 0.2) is 0 Å². The topological polar surface area (TPSA) is 95.9 Å². The van der Waals surface area contributed by atoms with Gasteiger partial charge in [-0.15, -0.1) is 0 Å². The molecule has 6 nitrogen and oxygen atoms in total. The van der Waals surface area contributed by atoms with Gasteiger partial charge in [-0.25, -0.2) is 4.79 Å². The van der Waals surface area contributed by atoms with Gasteiger partial charge in [-0.05, 0) is 31.2 Å². The fourth-order valence-electron chi connectivity index (χ4n) is 3.20. The number of aliphatic hydroxyl groups is 1. The van der Waals surface area contributed by atoms with Gasteiger partial charge in [-0.3, -0.25) is 4.79 Å². The first-order valence-corrected chi connectivity index (χ1v) is 8.22. The number of ether oxygens (including phenoxy) is 1. The minimum atomic E-state index is -1.08. The lowest BCUT2D eigenvalue weighted by molar-refractivity contribution is -0.146. The Hall–Kier alpha value is -1.92. The molecule has 24 heavy (non-hydrogen) atoms. The van der Waals surface area contributed by atoms with Gasteiger partial charge in [0.2, 0.25) is 5.91 Å². The van der Waals surface area contributed by atoms with Crippen molar-refractivity contribution >= 4 is 11.9 Å². The number of carbonyl (C=O) groups excluding carboxylic acids is 1. The Kier molecular flexibility index (Phi) is 6.34. The molecule has 0 radical (unpaired) electrons.